The molecule has 1 aromatic rings. The molecule has 1 aliphatic rings. The Morgan fingerprint density at radius 1 is 1.38 bits per heavy atom. The van der Waals surface area contributed by atoms with Crippen LogP contribution >= 0.6 is 0 Å². The fourth-order valence-corrected chi connectivity index (χ4v) is 2.96. The minimum Gasteiger partial charge on any atom is -0.497 e. The second kappa shape index (κ2) is 6.61. The van der Waals surface area contributed by atoms with E-state index in [1.165, 1.54) is 7.11 Å². The third-order valence-electron chi connectivity index (χ3n) is 3.99. The molecule has 0 bridgehead atoms. The predicted octanol–water partition coefficient (Wildman–Crippen LogP) is 2.17. The summed E-state index contributed by atoms with van der Waals surface area (Å²) in [5.74, 6) is 0.184. The van der Waals surface area contributed by atoms with Crippen LogP contribution in [0.1, 0.15) is 31.4 Å². The maximum Gasteiger partial charge on any atom is 0.311 e. The Bertz CT molecular complexity index is 529. The summed E-state index contributed by atoms with van der Waals surface area (Å²) in [6.07, 6.45) is 0.901. The van der Waals surface area contributed by atoms with Gasteiger partial charge in [-0.2, -0.15) is 0 Å². The summed E-state index contributed by atoms with van der Waals surface area (Å²) in [4.78, 5) is 26.0. The van der Waals surface area contributed by atoms with Gasteiger partial charge in [-0.05, 0) is 31.0 Å². The molecule has 2 atom stereocenters. The molecular formula is C16H21NO4. The van der Waals surface area contributed by atoms with Crippen LogP contribution in [0.4, 0.5) is 0 Å². The van der Waals surface area contributed by atoms with E-state index in [1.54, 1.807) is 12.0 Å². The Kier molecular flexibility index (Phi) is 4.83. The van der Waals surface area contributed by atoms with E-state index < -0.39 is 0 Å². The minimum atomic E-state index is -0.334. The second-order valence-corrected chi connectivity index (χ2v) is 5.07. The number of carbonyl (C=O) groups is 2. The van der Waals surface area contributed by atoms with Gasteiger partial charge in [0.2, 0.25) is 5.91 Å². The van der Waals surface area contributed by atoms with Crippen LogP contribution in [0.15, 0.2) is 24.3 Å². The van der Waals surface area contributed by atoms with Crippen molar-refractivity contribution in [3.63, 3.8) is 0 Å². The first kappa shape index (κ1) is 15.4. The summed E-state index contributed by atoms with van der Waals surface area (Å²) in [6.45, 7) is 2.49. The van der Waals surface area contributed by atoms with E-state index in [0.29, 0.717) is 25.1 Å². The van der Waals surface area contributed by atoms with Crippen molar-refractivity contribution in [1.82, 2.24) is 4.90 Å². The quantitative estimate of drug-likeness (QED) is 0.798. The first-order chi connectivity index (χ1) is 10.1. The van der Waals surface area contributed by atoms with E-state index in [1.807, 2.05) is 31.2 Å². The molecule has 1 fully saturated rings. The summed E-state index contributed by atoms with van der Waals surface area (Å²) < 4.78 is 10.2. The molecule has 0 aliphatic carbocycles. The van der Waals surface area contributed by atoms with Crippen LogP contribution in [0.3, 0.4) is 0 Å². The number of rotatable bonds is 4. The number of hydrogen-bond donors (Lipinski definition) is 0. The van der Waals surface area contributed by atoms with Gasteiger partial charge in [-0.25, -0.2) is 0 Å². The van der Waals surface area contributed by atoms with Crippen LogP contribution in [0.2, 0.25) is 0 Å². The van der Waals surface area contributed by atoms with Crippen molar-refractivity contribution in [1.29, 1.82) is 0 Å². The SMILES string of the molecule is CCN1C(=O)CCC(C(=O)OC)C1c1cccc(OC)c1. The van der Waals surface area contributed by atoms with E-state index in [2.05, 4.69) is 0 Å². The van der Waals surface area contributed by atoms with E-state index in [4.69, 9.17) is 9.47 Å². The number of carbonyl (C=O) groups excluding carboxylic acids is 2. The van der Waals surface area contributed by atoms with E-state index in [9.17, 15) is 9.59 Å². The first-order valence-electron chi connectivity index (χ1n) is 7.13. The molecule has 0 N–H and O–H groups in total. The van der Waals surface area contributed by atoms with Gasteiger partial charge < -0.3 is 14.4 Å². The smallest absolute Gasteiger partial charge is 0.311 e. The molecule has 1 aliphatic heterocycles. The molecular weight excluding hydrogens is 270 g/mol. The number of piperidine rings is 1. The number of likely N-dealkylation sites (tertiary alicyclic amines) is 1. The standard InChI is InChI=1S/C16H21NO4/c1-4-17-14(18)9-8-13(16(19)21-3)15(17)11-6-5-7-12(10-11)20-2/h5-7,10,13,15H,4,8-9H2,1-3H3. The van der Waals surface area contributed by atoms with Crippen molar-refractivity contribution in [2.45, 2.75) is 25.8 Å². The molecule has 1 heterocycles. The van der Waals surface area contributed by atoms with Crippen molar-refractivity contribution < 1.29 is 19.1 Å². The Morgan fingerprint density at radius 3 is 2.76 bits per heavy atom. The van der Waals surface area contributed by atoms with Crippen molar-refractivity contribution in [2.24, 2.45) is 5.92 Å². The van der Waals surface area contributed by atoms with Crippen molar-refractivity contribution >= 4 is 11.9 Å². The first-order valence-corrected chi connectivity index (χ1v) is 7.13. The zero-order chi connectivity index (χ0) is 15.4. The van der Waals surface area contributed by atoms with Crippen molar-refractivity contribution in [3.05, 3.63) is 29.8 Å². The van der Waals surface area contributed by atoms with Gasteiger partial charge in [-0.1, -0.05) is 12.1 Å². The number of nitrogens with zero attached hydrogens (tertiary/aromatic N) is 1. The Labute approximate surface area is 124 Å². The third kappa shape index (κ3) is 3.01. The van der Waals surface area contributed by atoms with Crippen molar-refractivity contribution in [3.8, 4) is 5.75 Å². The minimum absolute atomic E-state index is 0.0745. The zero-order valence-electron chi connectivity index (χ0n) is 12.7. The molecule has 1 aromatic carbocycles. The van der Waals surface area contributed by atoms with E-state index in [0.717, 1.165) is 5.56 Å². The van der Waals surface area contributed by atoms with Gasteiger partial charge in [0.25, 0.3) is 0 Å². The fraction of sp³-hybridized carbons (Fsp3) is 0.500. The second-order valence-electron chi connectivity index (χ2n) is 5.07. The third-order valence-corrected chi connectivity index (χ3v) is 3.99. The average Bonchev–Trinajstić information content (AvgIpc) is 2.53. The molecule has 1 amide bonds. The topological polar surface area (TPSA) is 55.8 Å². The number of hydrogen-bond acceptors (Lipinski definition) is 4. The van der Waals surface area contributed by atoms with Crippen LogP contribution in [-0.4, -0.2) is 37.5 Å². The molecule has 2 rings (SSSR count). The van der Waals surface area contributed by atoms with E-state index in [-0.39, 0.29) is 23.8 Å². The Balaban J connectivity index is 2.43. The predicted molar refractivity (Wildman–Crippen MR) is 77.9 cm³/mol. The van der Waals surface area contributed by atoms with Gasteiger partial charge in [0.1, 0.15) is 5.75 Å². The summed E-state index contributed by atoms with van der Waals surface area (Å²) in [7, 11) is 2.98. The highest BCUT2D eigenvalue weighted by Gasteiger charge is 2.40. The number of amides is 1. The summed E-state index contributed by atoms with van der Waals surface area (Å²) >= 11 is 0. The summed E-state index contributed by atoms with van der Waals surface area (Å²) in [5, 5.41) is 0. The Morgan fingerprint density at radius 2 is 2.14 bits per heavy atom. The highest BCUT2D eigenvalue weighted by atomic mass is 16.5. The highest BCUT2D eigenvalue weighted by Crippen LogP contribution is 2.38. The van der Waals surface area contributed by atoms with Crippen LogP contribution < -0.4 is 4.74 Å². The zero-order valence-corrected chi connectivity index (χ0v) is 12.7. The molecule has 5 nitrogen and oxygen atoms in total. The molecule has 0 radical (unpaired) electrons. The summed E-state index contributed by atoms with van der Waals surface area (Å²) in [6, 6.07) is 7.22. The molecule has 5 heteroatoms. The van der Waals surface area contributed by atoms with Crippen molar-refractivity contribution in [2.75, 3.05) is 20.8 Å². The number of ether oxygens (including phenoxy) is 2. The molecule has 21 heavy (non-hydrogen) atoms. The maximum absolute atomic E-state index is 12.2. The molecule has 2 unspecified atom stereocenters. The fourth-order valence-electron chi connectivity index (χ4n) is 2.96. The number of methoxy groups -OCH3 is 2. The molecule has 0 spiro atoms. The largest absolute Gasteiger partial charge is 0.497 e. The van der Waals surface area contributed by atoms with Crippen LogP contribution in [0.5, 0.6) is 5.75 Å². The van der Waals surface area contributed by atoms with Gasteiger partial charge in [0, 0.05) is 13.0 Å². The van der Waals surface area contributed by atoms with Gasteiger partial charge in [0.05, 0.1) is 26.2 Å². The van der Waals surface area contributed by atoms with E-state index >= 15 is 0 Å². The van der Waals surface area contributed by atoms with Gasteiger partial charge in [-0.15, -0.1) is 0 Å². The lowest BCUT2D eigenvalue weighted by Gasteiger charge is -2.39. The molecule has 0 aromatic heterocycles. The highest BCUT2D eigenvalue weighted by molar-refractivity contribution is 5.82. The van der Waals surface area contributed by atoms with Gasteiger partial charge >= 0.3 is 5.97 Å². The molecule has 1 saturated heterocycles. The number of esters is 1. The Hall–Kier alpha value is -2.04. The maximum atomic E-state index is 12.2. The number of benzene rings is 1. The molecule has 0 saturated carbocycles. The molecule has 114 valence electrons. The lowest BCUT2D eigenvalue weighted by Crippen LogP contribution is -2.45. The average molecular weight is 291 g/mol. The van der Waals surface area contributed by atoms with Gasteiger partial charge in [-0.3, -0.25) is 9.59 Å². The van der Waals surface area contributed by atoms with Crippen LogP contribution in [0, 0.1) is 5.92 Å². The monoisotopic (exact) mass is 291 g/mol. The lowest BCUT2D eigenvalue weighted by molar-refractivity contribution is -0.154. The van der Waals surface area contributed by atoms with Crippen LogP contribution in [-0.2, 0) is 14.3 Å². The summed E-state index contributed by atoms with van der Waals surface area (Å²) in [5.41, 5.74) is 0.902. The normalized spacial score (nSPS) is 22.0. The van der Waals surface area contributed by atoms with Gasteiger partial charge in [0.15, 0.2) is 0 Å². The lowest BCUT2D eigenvalue weighted by atomic mass is 9.84. The van der Waals surface area contributed by atoms with Crippen LogP contribution in [0.25, 0.3) is 0 Å².